The maximum absolute atomic E-state index is 12.3. The smallest absolute Gasteiger partial charge is 0.355 e. The predicted molar refractivity (Wildman–Crippen MR) is 78.3 cm³/mol. The topological polar surface area (TPSA) is 89.7 Å². The molecule has 2 N–H and O–H groups in total. The Bertz CT molecular complexity index is 526. The van der Waals surface area contributed by atoms with Crippen LogP contribution in [0.15, 0.2) is 11.3 Å². The van der Waals surface area contributed by atoms with E-state index in [1.165, 1.54) is 4.90 Å². The van der Waals surface area contributed by atoms with Gasteiger partial charge in [0.25, 0.3) is 0 Å². The van der Waals surface area contributed by atoms with E-state index in [1.54, 1.807) is 20.8 Å². The molecule has 0 bridgehead atoms. The standard InChI is InChI=1S/C12H17BrN2O4S/c1-12(2,3)19-11(17)8-6(4-13)5-20(18)10-7(14)9(16)15(8)10/h7,10H,4-5,14H2,1-3H3/t7-,10+,20?/m1/s1. The molecule has 0 aromatic heterocycles. The van der Waals surface area contributed by atoms with Crippen molar-refractivity contribution < 1.29 is 18.5 Å². The number of nitrogens with two attached hydrogens (primary N) is 1. The van der Waals surface area contributed by atoms with Crippen LogP contribution in [0.2, 0.25) is 0 Å². The van der Waals surface area contributed by atoms with E-state index in [4.69, 9.17) is 10.5 Å². The Morgan fingerprint density at radius 2 is 2.15 bits per heavy atom. The van der Waals surface area contributed by atoms with Crippen LogP contribution in [-0.4, -0.2) is 49.1 Å². The molecule has 0 aliphatic carbocycles. The van der Waals surface area contributed by atoms with Gasteiger partial charge in [-0.1, -0.05) is 15.9 Å². The molecule has 0 radical (unpaired) electrons. The minimum Gasteiger partial charge on any atom is -0.455 e. The predicted octanol–water partition coefficient (Wildman–Crippen LogP) is 0.235. The van der Waals surface area contributed by atoms with Crippen LogP contribution in [0.1, 0.15) is 20.8 Å². The number of ether oxygens (including phenoxy) is 1. The van der Waals surface area contributed by atoms with Crippen LogP contribution in [0, 0.1) is 0 Å². The Kier molecular flexibility index (Phi) is 4.10. The van der Waals surface area contributed by atoms with Crippen LogP contribution in [0.5, 0.6) is 0 Å². The molecule has 2 aliphatic heterocycles. The van der Waals surface area contributed by atoms with Crippen LogP contribution in [0.3, 0.4) is 0 Å². The third-order valence-corrected chi connectivity index (χ3v) is 5.35. The van der Waals surface area contributed by atoms with Crippen LogP contribution >= 0.6 is 15.9 Å². The van der Waals surface area contributed by atoms with E-state index in [0.717, 1.165) is 0 Å². The second kappa shape index (κ2) is 5.23. The second-order valence-corrected chi connectivity index (χ2v) is 7.83. The fourth-order valence-corrected chi connectivity index (χ4v) is 4.54. The van der Waals surface area contributed by atoms with Gasteiger partial charge in [0.2, 0.25) is 5.91 Å². The SMILES string of the molecule is CC(C)(C)OC(=O)C1=C(CBr)CS(=O)[C@H]2[C@H](N)C(=O)N12. The number of hydrogen-bond donors (Lipinski definition) is 1. The number of carbonyl (C=O) groups excluding carboxylic acids is 2. The number of rotatable bonds is 2. The van der Waals surface area contributed by atoms with Gasteiger partial charge in [-0.2, -0.15) is 0 Å². The molecule has 20 heavy (non-hydrogen) atoms. The summed E-state index contributed by atoms with van der Waals surface area (Å²) in [6, 6.07) is -0.801. The minimum atomic E-state index is -1.28. The van der Waals surface area contributed by atoms with Crippen molar-refractivity contribution in [2.45, 2.75) is 37.8 Å². The highest BCUT2D eigenvalue weighted by Gasteiger charge is 2.55. The number of amides is 1. The molecule has 0 aromatic rings. The molecule has 8 heteroatoms. The summed E-state index contributed by atoms with van der Waals surface area (Å²) in [7, 11) is -1.28. The van der Waals surface area contributed by atoms with Crippen molar-refractivity contribution in [1.82, 2.24) is 4.90 Å². The van der Waals surface area contributed by atoms with Crippen molar-refractivity contribution in [2.24, 2.45) is 5.73 Å². The molecular formula is C12H17BrN2O4S. The molecule has 0 saturated carbocycles. The van der Waals surface area contributed by atoms with Gasteiger partial charge in [-0.3, -0.25) is 13.9 Å². The Morgan fingerprint density at radius 3 is 2.65 bits per heavy atom. The quantitative estimate of drug-likeness (QED) is 0.430. The Balaban J connectivity index is 2.38. The van der Waals surface area contributed by atoms with E-state index in [2.05, 4.69) is 15.9 Å². The van der Waals surface area contributed by atoms with Gasteiger partial charge in [0.15, 0.2) is 0 Å². The molecule has 1 amide bonds. The van der Waals surface area contributed by atoms with E-state index in [9.17, 15) is 13.8 Å². The maximum Gasteiger partial charge on any atom is 0.355 e. The molecule has 6 nitrogen and oxygen atoms in total. The van der Waals surface area contributed by atoms with Gasteiger partial charge in [-0.05, 0) is 26.3 Å². The first-order chi connectivity index (χ1) is 9.17. The number of esters is 1. The summed E-state index contributed by atoms with van der Waals surface area (Å²) < 4.78 is 17.4. The number of halogens is 1. The molecule has 2 aliphatic rings. The van der Waals surface area contributed by atoms with Crippen LogP contribution in [0.4, 0.5) is 0 Å². The van der Waals surface area contributed by atoms with Gasteiger partial charge < -0.3 is 10.5 Å². The molecule has 1 saturated heterocycles. The van der Waals surface area contributed by atoms with Crippen molar-refractivity contribution in [3.05, 3.63) is 11.3 Å². The first-order valence-corrected chi connectivity index (χ1v) is 8.65. The summed E-state index contributed by atoms with van der Waals surface area (Å²) in [5.41, 5.74) is 5.80. The van der Waals surface area contributed by atoms with Gasteiger partial charge in [0.05, 0.1) is 16.6 Å². The lowest BCUT2D eigenvalue weighted by molar-refractivity contribution is -0.158. The molecular weight excluding hydrogens is 348 g/mol. The zero-order valence-electron chi connectivity index (χ0n) is 11.5. The monoisotopic (exact) mass is 364 g/mol. The number of nitrogens with zero attached hydrogens (tertiary/aromatic N) is 1. The van der Waals surface area contributed by atoms with Crippen molar-refractivity contribution >= 4 is 38.6 Å². The average molecular weight is 365 g/mol. The Labute approximate surface area is 128 Å². The van der Waals surface area contributed by atoms with Crippen LogP contribution in [0.25, 0.3) is 0 Å². The van der Waals surface area contributed by atoms with Gasteiger partial charge in [0, 0.05) is 5.33 Å². The summed E-state index contributed by atoms with van der Waals surface area (Å²) in [6.07, 6.45) is 0. The lowest BCUT2D eigenvalue weighted by Crippen LogP contribution is -2.72. The summed E-state index contributed by atoms with van der Waals surface area (Å²) in [5, 5.41) is -0.258. The fraction of sp³-hybridized carbons (Fsp3) is 0.667. The second-order valence-electron chi connectivity index (χ2n) is 5.74. The van der Waals surface area contributed by atoms with Crippen molar-refractivity contribution in [2.75, 3.05) is 11.1 Å². The highest BCUT2D eigenvalue weighted by molar-refractivity contribution is 9.09. The highest BCUT2D eigenvalue weighted by Crippen LogP contribution is 2.35. The van der Waals surface area contributed by atoms with E-state index in [0.29, 0.717) is 10.9 Å². The molecule has 1 unspecified atom stereocenters. The largest absolute Gasteiger partial charge is 0.455 e. The average Bonchev–Trinajstić information content (AvgIpc) is 2.34. The van der Waals surface area contributed by atoms with Crippen molar-refractivity contribution in [3.63, 3.8) is 0 Å². The Hall–Kier alpha value is -0.730. The van der Waals surface area contributed by atoms with Crippen LogP contribution in [-0.2, 0) is 25.1 Å². The minimum absolute atomic E-state index is 0.188. The highest BCUT2D eigenvalue weighted by atomic mass is 79.9. The van der Waals surface area contributed by atoms with Gasteiger partial charge in [-0.25, -0.2) is 4.79 Å². The Morgan fingerprint density at radius 1 is 1.55 bits per heavy atom. The number of hydrogen-bond acceptors (Lipinski definition) is 5. The van der Waals surface area contributed by atoms with Gasteiger partial charge >= 0.3 is 5.97 Å². The van der Waals surface area contributed by atoms with E-state index in [-0.39, 0.29) is 17.4 Å². The van der Waals surface area contributed by atoms with Crippen molar-refractivity contribution in [1.29, 1.82) is 0 Å². The molecule has 112 valence electrons. The first-order valence-electron chi connectivity index (χ1n) is 6.14. The normalized spacial score (nSPS) is 29.9. The first kappa shape index (κ1) is 15.7. The zero-order chi connectivity index (χ0) is 15.2. The van der Waals surface area contributed by atoms with Crippen LogP contribution < -0.4 is 5.73 Å². The van der Waals surface area contributed by atoms with Gasteiger partial charge in [-0.15, -0.1) is 0 Å². The summed E-state index contributed by atoms with van der Waals surface area (Å²) in [4.78, 5) is 25.4. The number of alkyl halides is 1. The molecule has 3 atom stereocenters. The molecule has 2 rings (SSSR count). The molecule has 0 spiro atoms. The third-order valence-electron chi connectivity index (χ3n) is 3.00. The third kappa shape index (κ3) is 2.56. The molecule has 0 aromatic carbocycles. The number of fused-ring (bicyclic) bond motifs is 1. The molecule has 2 heterocycles. The zero-order valence-corrected chi connectivity index (χ0v) is 13.9. The lowest BCUT2D eigenvalue weighted by Gasteiger charge is -2.48. The van der Waals surface area contributed by atoms with E-state index >= 15 is 0 Å². The summed E-state index contributed by atoms with van der Waals surface area (Å²) in [6.45, 7) is 5.25. The molecule has 1 fully saturated rings. The summed E-state index contributed by atoms with van der Waals surface area (Å²) >= 11 is 3.26. The summed E-state index contributed by atoms with van der Waals surface area (Å²) in [5.74, 6) is -0.738. The lowest BCUT2D eigenvalue weighted by atomic mass is 10.0. The number of carbonyl (C=O) groups is 2. The van der Waals surface area contributed by atoms with E-state index < -0.39 is 33.8 Å². The number of β-lactam (4-membered cyclic amide) rings is 1. The maximum atomic E-state index is 12.3. The van der Waals surface area contributed by atoms with Crippen molar-refractivity contribution in [3.8, 4) is 0 Å². The fourth-order valence-electron chi connectivity index (χ4n) is 2.17. The van der Waals surface area contributed by atoms with Gasteiger partial charge in [0.1, 0.15) is 22.7 Å². The van der Waals surface area contributed by atoms with E-state index in [1.807, 2.05) is 0 Å².